The van der Waals surface area contributed by atoms with Crippen molar-refractivity contribution in [3.05, 3.63) is 22.4 Å². The second-order valence-corrected chi connectivity index (χ2v) is 5.43. The van der Waals surface area contributed by atoms with Crippen molar-refractivity contribution in [2.24, 2.45) is 0 Å². The van der Waals surface area contributed by atoms with Gasteiger partial charge in [0.05, 0.1) is 0 Å². The van der Waals surface area contributed by atoms with E-state index in [1.165, 1.54) is 12.5 Å². The summed E-state index contributed by atoms with van der Waals surface area (Å²) < 4.78 is 0. The largest absolute Gasteiger partial charge is 0.480 e. The number of hydrogen-bond acceptors (Lipinski definition) is 3. The Morgan fingerprint density at radius 2 is 2.21 bits per heavy atom. The molecule has 0 fully saturated rings. The lowest BCUT2D eigenvalue weighted by Gasteiger charge is -2.25. The minimum atomic E-state index is -1.21. The van der Waals surface area contributed by atoms with E-state index in [4.69, 9.17) is 5.11 Å². The van der Waals surface area contributed by atoms with Crippen LogP contribution < -0.4 is 10.6 Å². The molecule has 0 aliphatic rings. The normalized spacial score (nSPS) is 13.6. The van der Waals surface area contributed by atoms with E-state index in [0.717, 1.165) is 6.42 Å². The summed E-state index contributed by atoms with van der Waals surface area (Å²) in [5, 5.41) is 18.4. The van der Waals surface area contributed by atoms with E-state index >= 15 is 0 Å². The van der Waals surface area contributed by atoms with Crippen LogP contribution in [0.4, 0.5) is 4.79 Å². The predicted octanol–water partition coefficient (Wildman–Crippen LogP) is 2.23. The third-order valence-electron chi connectivity index (χ3n) is 2.89. The molecule has 1 unspecified atom stereocenters. The minimum Gasteiger partial charge on any atom is -0.480 e. The summed E-state index contributed by atoms with van der Waals surface area (Å²) in [4.78, 5) is 22.8. The van der Waals surface area contributed by atoms with Crippen LogP contribution in [0.15, 0.2) is 16.8 Å². The third-order valence-corrected chi connectivity index (χ3v) is 3.62. The molecule has 0 spiro atoms. The summed E-state index contributed by atoms with van der Waals surface area (Å²) >= 11 is 1.61. The van der Waals surface area contributed by atoms with E-state index in [1.54, 1.807) is 11.3 Å². The first-order valence-corrected chi connectivity index (χ1v) is 7.22. The Morgan fingerprint density at radius 1 is 1.47 bits per heavy atom. The molecule has 3 N–H and O–H groups in total. The molecule has 1 rings (SSSR count). The summed E-state index contributed by atoms with van der Waals surface area (Å²) in [5.41, 5.74) is -0.0406. The molecule has 1 atom stereocenters. The Hall–Kier alpha value is -1.56. The van der Waals surface area contributed by atoms with Crippen LogP contribution in [0.5, 0.6) is 0 Å². The van der Waals surface area contributed by atoms with Gasteiger partial charge in [-0.25, -0.2) is 9.59 Å². The van der Waals surface area contributed by atoms with Crippen molar-refractivity contribution in [3.8, 4) is 0 Å². The topological polar surface area (TPSA) is 78.4 Å². The molecule has 1 aromatic rings. The average Bonchev–Trinajstić information content (AvgIpc) is 2.82. The molecule has 0 radical (unpaired) electrons. The van der Waals surface area contributed by atoms with Gasteiger partial charge in [0.2, 0.25) is 0 Å². The molecule has 0 bridgehead atoms. The van der Waals surface area contributed by atoms with Crippen LogP contribution in [-0.4, -0.2) is 29.2 Å². The summed E-state index contributed by atoms with van der Waals surface area (Å²) in [6.45, 7) is 3.90. The molecule has 0 aliphatic heterocycles. The van der Waals surface area contributed by atoms with E-state index in [1.807, 2.05) is 23.8 Å². The molecular weight excluding hydrogens is 264 g/mol. The second kappa shape index (κ2) is 7.13. The van der Waals surface area contributed by atoms with Crippen LogP contribution in [-0.2, 0) is 11.2 Å². The van der Waals surface area contributed by atoms with Crippen LogP contribution in [0.1, 0.15) is 32.3 Å². The van der Waals surface area contributed by atoms with Gasteiger partial charge in [-0.15, -0.1) is 0 Å². The molecule has 6 heteroatoms. The number of aliphatic carboxylic acids is 1. The summed E-state index contributed by atoms with van der Waals surface area (Å²) in [6.07, 6.45) is 1.84. The number of urea groups is 1. The zero-order chi connectivity index (χ0) is 14.3. The fourth-order valence-corrected chi connectivity index (χ4v) is 2.48. The minimum absolute atomic E-state index is 0.403. The van der Waals surface area contributed by atoms with Gasteiger partial charge in [-0.2, -0.15) is 11.3 Å². The van der Waals surface area contributed by atoms with E-state index < -0.39 is 17.5 Å². The van der Waals surface area contributed by atoms with Crippen molar-refractivity contribution in [1.82, 2.24) is 10.6 Å². The van der Waals surface area contributed by atoms with Crippen molar-refractivity contribution < 1.29 is 14.7 Å². The van der Waals surface area contributed by atoms with Crippen molar-refractivity contribution in [2.45, 2.75) is 38.6 Å². The third kappa shape index (κ3) is 4.90. The maximum absolute atomic E-state index is 11.7. The van der Waals surface area contributed by atoms with Crippen molar-refractivity contribution >= 4 is 23.3 Å². The molecular formula is C13H20N2O3S. The van der Waals surface area contributed by atoms with Gasteiger partial charge in [-0.3, -0.25) is 0 Å². The summed E-state index contributed by atoms with van der Waals surface area (Å²) in [5.74, 6) is -1.01. The second-order valence-electron chi connectivity index (χ2n) is 4.65. The Bertz CT molecular complexity index is 420. The first-order valence-electron chi connectivity index (χ1n) is 6.28. The van der Waals surface area contributed by atoms with Gasteiger partial charge < -0.3 is 15.7 Å². The lowest BCUT2D eigenvalue weighted by atomic mass is 9.97. The van der Waals surface area contributed by atoms with Crippen LogP contribution in [0.25, 0.3) is 0 Å². The zero-order valence-corrected chi connectivity index (χ0v) is 12.0. The maximum atomic E-state index is 11.7. The van der Waals surface area contributed by atoms with Gasteiger partial charge >= 0.3 is 12.0 Å². The van der Waals surface area contributed by atoms with Crippen LogP contribution >= 0.6 is 11.3 Å². The van der Waals surface area contributed by atoms with E-state index in [9.17, 15) is 9.59 Å². The molecule has 0 aliphatic carbocycles. The van der Waals surface area contributed by atoms with E-state index in [0.29, 0.717) is 19.4 Å². The molecule has 0 saturated carbocycles. The molecule has 1 heterocycles. The highest BCUT2D eigenvalue weighted by atomic mass is 32.1. The maximum Gasteiger partial charge on any atom is 0.329 e. The molecule has 2 amide bonds. The Labute approximate surface area is 117 Å². The fourth-order valence-electron chi connectivity index (χ4n) is 1.77. The number of carboxylic acid groups (broad SMARTS) is 1. The highest BCUT2D eigenvalue weighted by Gasteiger charge is 2.33. The highest BCUT2D eigenvalue weighted by molar-refractivity contribution is 7.07. The number of carbonyl (C=O) groups is 2. The molecule has 106 valence electrons. The number of thiophene rings is 1. The number of nitrogens with one attached hydrogen (secondary N) is 2. The van der Waals surface area contributed by atoms with Gasteiger partial charge in [0, 0.05) is 6.54 Å². The SMILES string of the molecule is CCCC(C)(NC(=O)NCCc1ccsc1)C(=O)O. The van der Waals surface area contributed by atoms with Crippen LogP contribution in [0.3, 0.4) is 0 Å². The Kier molecular flexibility index (Phi) is 5.82. The molecule has 5 nitrogen and oxygen atoms in total. The van der Waals surface area contributed by atoms with Crippen molar-refractivity contribution in [2.75, 3.05) is 6.54 Å². The number of rotatable bonds is 7. The summed E-state index contributed by atoms with van der Waals surface area (Å²) in [7, 11) is 0. The van der Waals surface area contributed by atoms with Crippen molar-refractivity contribution in [3.63, 3.8) is 0 Å². The quantitative estimate of drug-likeness (QED) is 0.718. The van der Waals surface area contributed by atoms with E-state index in [2.05, 4.69) is 10.6 Å². The van der Waals surface area contributed by atoms with Gasteiger partial charge in [0.15, 0.2) is 0 Å². The van der Waals surface area contributed by atoms with E-state index in [-0.39, 0.29) is 0 Å². The van der Waals surface area contributed by atoms with Gasteiger partial charge in [0.25, 0.3) is 0 Å². The van der Waals surface area contributed by atoms with Crippen LogP contribution in [0, 0.1) is 0 Å². The van der Waals surface area contributed by atoms with Gasteiger partial charge in [0.1, 0.15) is 5.54 Å². The molecule has 1 aromatic heterocycles. The predicted molar refractivity (Wildman–Crippen MR) is 75.5 cm³/mol. The number of carbonyl (C=O) groups excluding carboxylic acids is 1. The smallest absolute Gasteiger partial charge is 0.329 e. The van der Waals surface area contributed by atoms with Gasteiger partial charge in [-0.05, 0) is 42.2 Å². The van der Waals surface area contributed by atoms with Crippen molar-refractivity contribution in [1.29, 1.82) is 0 Å². The van der Waals surface area contributed by atoms with Crippen LogP contribution in [0.2, 0.25) is 0 Å². The number of hydrogen-bond donors (Lipinski definition) is 3. The molecule has 19 heavy (non-hydrogen) atoms. The molecule has 0 saturated heterocycles. The molecule has 0 aromatic carbocycles. The zero-order valence-electron chi connectivity index (χ0n) is 11.2. The lowest BCUT2D eigenvalue weighted by molar-refractivity contribution is -0.144. The first-order chi connectivity index (χ1) is 8.98. The fraction of sp³-hybridized carbons (Fsp3) is 0.538. The lowest BCUT2D eigenvalue weighted by Crippen LogP contribution is -2.55. The standard InChI is InChI=1S/C13H20N2O3S/c1-3-6-13(2,11(16)17)15-12(18)14-7-4-10-5-8-19-9-10/h5,8-9H,3-4,6-7H2,1-2H3,(H,16,17)(H2,14,15,18). The Balaban J connectivity index is 2.38. The first kappa shape index (κ1) is 15.5. The summed E-state index contributed by atoms with van der Waals surface area (Å²) in [6, 6.07) is 1.57. The Morgan fingerprint density at radius 3 is 2.74 bits per heavy atom. The number of amides is 2. The monoisotopic (exact) mass is 284 g/mol. The highest BCUT2D eigenvalue weighted by Crippen LogP contribution is 2.12. The average molecular weight is 284 g/mol. The van der Waals surface area contributed by atoms with Gasteiger partial charge in [-0.1, -0.05) is 13.3 Å². The number of carboxylic acids is 1.